The van der Waals surface area contributed by atoms with E-state index in [1.54, 1.807) is 48.7 Å². The average Bonchev–Trinajstić information content (AvgIpc) is 2.85. The maximum atomic E-state index is 12.7. The molecule has 0 spiro atoms. The molecule has 0 bridgehead atoms. The van der Waals surface area contributed by atoms with Gasteiger partial charge in [-0.1, -0.05) is 32.0 Å². The Morgan fingerprint density at radius 2 is 1.64 bits per heavy atom. The first-order chi connectivity index (χ1) is 12.0. The predicted octanol–water partition coefficient (Wildman–Crippen LogP) is 2.73. The number of rotatable bonds is 5. The van der Waals surface area contributed by atoms with E-state index in [2.05, 4.69) is 10.3 Å². The molecular formula is C19H19N3O3. The van der Waals surface area contributed by atoms with Gasteiger partial charge in [-0.2, -0.15) is 0 Å². The minimum absolute atomic E-state index is 0.0275. The third-order valence-corrected chi connectivity index (χ3v) is 4.25. The zero-order valence-electron chi connectivity index (χ0n) is 14.1. The highest BCUT2D eigenvalue weighted by Crippen LogP contribution is 2.28. The number of nitrogens with zero attached hydrogens (tertiary/aromatic N) is 2. The first-order valence-electron chi connectivity index (χ1n) is 8.17. The van der Waals surface area contributed by atoms with Gasteiger partial charge in [-0.15, -0.1) is 0 Å². The molecule has 128 valence electrons. The van der Waals surface area contributed by atoms with E-state index < -0.39 is 6.04 Å². The molecule has 0 saturated heterocycles. The Morgan fingerprint density at radius 3 is 2.16 bits per heavy atom. The Hall–Kier alpha value is -3.02. The van der Waals surface area contributed by atoms with Crippen molar-refractivity contribution in [3.63, 3.8) is 0 Å². The monoisotopic (exact) mass is 337 g/mol. The molecule has 1 aromatic carbocycles. The third kappa shape index (κ3) is 3.28. The van der Waals surface area contributed by atoms with Crippen LogP contribution < -0.4 is 5.32 Å². The molecule has 1 aliphatic rings. The molecule has 3 rings (SSSR count). The summed E-state index contributed by atoms with van der Waals surface area (Å²) in [4.78, 5) is 42.9. The summed E-state index contributed by atoms with van der Waals surface area (Å²) in [6.07, 6.45) is 1.61. The van der Waals surface area contributed by atoms with Crippen molar-refractivity contribution in [3.8, 4) is 0 Å². The Balaban J connectivity index is 1.79. The smallest absolute Gasteiger partial charge is 0.261 e. The summed E-state index contributed by atoms with van der Waals surface area (Å²) in [5.74, 6) is -0.585. The van der Waals surface area contributed by atoms with Gasteiger partial charge in [0, 0.05) is 12.6 Å². The van der Waals surface area contributed by atoms with Gasteiger partial charge in [0.15, 0.2) is 0 Å². The van der Waals surface area contributed by atoms with Crippen molar-refractivity contribution in [3.05, 3.63) is 59.8 Å². The van der Waals surface area contributed by atoms with E-state index >= 15 is 0 Å². The molecule has 0 radical (unpaired) electrons. The zero-order valence-corrected chi connectivity index (χ0v) is 14.1. The van der Waals surface area contributed by atoms with Crippen LogP contribution in [0.15, 0.2) is 48.7 Å². The number of hydrogen-bond acceptors (Lipinski definition) is 4. The number of fused-ring (bicyclic) bond motifs is 1. The van der Waals surface area contributed by atoms with E-state index in [0.29, 0.717) is 16.9 Å². The molecule has 0 saturated carbocycles. The Kier molecular flexibility index (Phi) is 4.61. The van der Waals surface area contributed by atoms with E-state index in [1.807, 2.05) is 13.8 Å². The standard InChI is InChI=1S/C19H19N3O3/c1-12(2)15(11-17(23)21-16-9-5-6-10-20-16)22-18(24)13-7-3-4-8-14(13)19(22)25/h3-10,12,15H,11H2,1-2H3,(H,20,21,23). The minimum Gasteiger partial charge on any atom is -0.311 e. The molecule has 3 amide bonds. The van der Waals surface area contributed by atoms with Crippen LogP contribution >= 0.6 is 0 Å². The van der Waals surface area contributed by atoms with Crippen LogP contribution in [0, 0.1) is 5.92 Å². The van der Waals surface area contributed by atoms with Gasteiger partial charge in [-0.05, 0) is 30.2 Å². The fourth-order valence-corrected chi connectivity index (χ4v) is 2.95. The molecule has 1 unspecified atom stereocenters. The summed E-state index contributed by atoms with van der Waals surface area (Å²) in [5.41, 5.74) is 0.784. The van der Waals surface area contributed by atoms with Crippen LogP contribution in [0.5, 0.6) is 0 Å². The number of anilines is 1. The van der Waals surface area contributed by atoms with Crippen LogP contribution in [0.4, 0.5) is 5.82 Å². The maximum Gasteiger partial charge on any atom is 0.261 e. The summed E-state index contributed by atoms with van der Waals surface area (Å²) in [7, 11) is 0. The van der Waals surface area contributed by atoms with Crippen LogP contribution in [0.25, 0.3) is 0 Å². The van der Waals surface area contributed by atoms with Crippen LogP contribution in [0.1, 0.15) is 41.0 Å². The molecule has 0 aliphatic carbocycles. The number of benzene rings is 1. The number of carbonyl (C=O) groups excluding carboxylic acids is 3. The van der Waals surface area contributed by atoms with Gasteiger partial charge in [-0.3, -0.25) is 19.3 Å². The lowest BCUT2D eigenvalue weighted by Crippen LogP contribution is -2.44. The third-order valence-electron chi connectivity index (χ3n) is 4.25. The van der Waals surface area contributed by atoms with E-state index in [4.69, 9.17) is 0 Å². The molecule has 1 aliphatic heterocycles. The van der Waals surface area contributed by atoms with Gasteiger partial charge in [0.1, 0.15) is 5.82 Å². The molecule has 2 heterocycles. The molecule has 1 aromatic heterocycles. The molecule has 6 heteroatoms. The first kappa shape index (κ1) is 16.8. The van der Waals surface area contributed by atoms with Crippen molar-refractivity contribution in [2.75, 3.05) is 5.32 Å². The van der Waals surface area contributed by atoms with Crippen molar-refractivity contribution in [1.82, 2.24) is 9.88 Å². The first-order valence-corrected chi connectivity index (χ1v) is 8.17. The number of amides is 3. The number of pyridine rings is 1. The normalized spacial score (nSPS) is 14.6. The Morgan fingerprint density at radius 1 is 1.04 bits per heavy atom. The fraction of sp³-hybridized carbons (Fsp3) is 0.263. The highest BCUT2D eigenvalue weighted by molar-refractivity contribution is 6.21. The van der Waals surface area contributed by atoms with Crippen molar-refractivity contribution >= 4 is 23.5 Å². The Labute approximate surface area is 145 Å². The van der Waals surface area contributed by atoms with Gasteiger partial charge in [-0.25, -0.2) is 4.98 Å². The number of aromatic nitrogens is 1. The van der Waals surface area contributed by atoms with Gasteiger partial charge in [0.25, 0.3) is 11.8 Å². The molecule has 1 N–H and O–H groups in total. The predicted molar refractivity (Wildman–Crippen MR) is 93.1 cm³/mol. The number of nitrogens with one attached hydrogen (secondary N) is 1. The molecule has 6 nitrogen and oxygen atoms in total. The fourth-order valence-electron chi connectivity index (χ4n) is 2.95. The number of carbonyl (C=O) groups is 3. The SMILES string of the molecule is CC(C)C(CC(=O)Nc1ccccn1)N1C(=O)c2ccccc2C1=O. The number of imide groups is 1. The molecule has 0 fully saturated rings. The molecule has 1 atom stereocenters. The lowest BCUT2D eigenvalue weighted by atomic mass is 9.98. The van der Waals surface area contributed by atoms with Gasteiger partial charge < -0.3 is 5.32 Å². The second kappa shape index (κ2) is 6.84. The van der Waals surface area contributed by atoms with Crippen molar-refractivity contribution in [2.45, 2.75) is 26.3 Å². The molecule has 2 aromatic rings. The summed E-state index contributed by atoms with van der Waals surface area (Å²) < 4.78 is 0. The van der Waals surface area contributed by atoms with Crippen molar-refractivity contribution < 1.29 is 14.4 Å². The van der Waals surface area contributed by atoms with Crippen LogP contribution in [-0.4, -0.2) is 33.6 Å². The summed E-state index contributed by atoms with van der Waals surface area (Å²) >= 11 is 0. The highest BCUT2D eigenvalue weighted by Gasteiger charge is 2.41. The van der Waals surface area contributed by atoms with Crippen molar-refractivity contribution in [1.29, 1.82) is 0 Å². The van der Waals surface area contributed by atoms with E-state index in [9.17, 15) is 14.4 Å². The minimum atomic E-state index is -0.517. The Bertz CT molecular complexity index is 783. The quantitative estimate of drug-likeness (QED) is 0.851. The zero-order chi connectivity index (χ0) is 18.0. The summed E-state index contributed by atoms with van der Waals surface area (Å²) in [5, 5.41) is 2.70. The molecular weight excluding hydrogens is 318 g/mol. The lowest BCUT2D eigenvalue weighted by molar-refractivity contribution is -0.117. The van der Waals surface area contributed by atoms with Gasteiger partial charge in [0.2, 0.25) is 5.91 Å². The lowest BCUT2D eigenvalue weighted by Gasteiger charge is -2.29. The van der Waals surface area contributed by atoms with E-state index in [1.165, 1.54) is 4.90 Å². The summed E-state index contributed by atoms with van der Waals surface area (Å²) in [6, 6.07) is 11.4. The topological polar surface area (TPSA) is 79.4 Å². The largest absolute Gasteiger partial charge is 0.311 e. The van der Waals surface area contributed by atoms with Crippen molar-refractivity contribution in [2.24, 2.45) is 5.92 Å². The van der Waals surface area contributed by atoms with E-state index in [0.717, 1.165) is 0 Å². The van der Waals surface area contributed by atoms with Crippen LogP contribution in [0.2, 0.25) is 0 Å². The van der Waals surface area contributed by atoms with Crippen LogP contribution in [-0.2, 0) is 4.79 Å². The van der Waals surface area contributed by atoms with Gasteiger partial charge >= 0.3 is 0 Å². The van der Waals surface area contributed by atoms with Gasteiger partial charge in [0.05, 0.1) is 17.2 Å². The number of hydrogen-bond donors (Lipinski definition) is 1. The average molecular weight is 337 g/mol. The highest BCUT2D eigenvalue weighted by atomic mass is 16.2. The second-order valence-electron chi connectivity index (χ2n) is 6.30. The maximum absolute atomic E-state index is 12.7. The van der Waals surface area contributed by atoms with E-state index in [-0.39, 0.29) is 30.1 Å². The molecule has 25 heavy (non-hydrogen) atoms. The van der Waals surface area contributed by atoms with Crippen LogP contribution in [0.3, 0.4) is 0 Å². The second-order valence-corrected chi connectivity index (χ2v) is 6.30. The summed E-state index contributed by atoms with van der Waals surface area (Å²) in [6.45, 7) is 3.78.